The zero-order valence-corrected chi connectivity index (χ0v) is 35.0. The molecule has 0 spiro atoms. The maximum atomic E-state index is 13.5. The average Bonchev–Trinajstić information content (AvgIpc) is 3.77. The Balaban J connectivity index is 1.57. The normalized spacial score (nSPS) is 13.2. The van der Waals surface area contributed by atoms with Crippen molar-refractivity contribution in [2.75, 3.05) is 26.6 Å². The smallest absolute Gasteiger partial charge is 0.426 e. The van der Waals surface area contributed by atoms with E-state index in [2.05, 4.69) is 60.9 Å². The molecule has 2 aromatic carbocycles. The van der Waals surface area contributed by atoms with Crippen LogP contribution in [0.15, 0.2) is 61.1 Å². The van der Waals surface area contributed by atoms with Crippen molar-refractivity contribution in [1.82, 2.24) is 46.8 Å². The maximum Gasteiger partial charge on any atom is 0.472 e. The second-order valence-electron chi connectivity index (χ2n) is 14.5. The molecule has 0 saturated carbocycles. The van der Waals surface area contributed by atoms with Crippen LogP contribution >= 0.6 is 0 Å². The second-order valence-corrected chi connectivity index (χ2v) is 14.5. The predicted molar refractivity (Wildman–Crippen MR) is 225 cm³/mol. The number of aliphatic hydroxyl groups excluding tert-OH is 1. The summed E-state index contributed by atoms with van der Waals surface area (Å²) >= 11 is 0. The van der Waals surface area contributed by atoms with Crippen molar-refractivity contribution in [3.63, 3.8) is 0 Å². The number of likely N-dealkylation sites (N-methyl/N-ethyl adjacent to an activating group) is 1. The van der Waals surface area contributed by atoms with Crippen LogP contribution in [0.1, 0.15) is 61.6 Å². The van der Waals surface area contributed by atoms with Gasteiger partial charge in [-0.2, -0.15) is 0 Å². The van der Waals surface area contributed by atoms with Crippen molar-refractivity contribution in [3.05, 3.63) is 77.9 Å². The molecule has 0 fully saturated rings. The van der Waals surface area contributed by atoms with E-state index in [1.54, 1.807) is 24.3 Å². The summed E-state index contributed by atoms with van der Waals surface area (Å²) in [4.78, 5) is 110. The Hall–Kier alpha value is -6.65. The van der Waals surface area contributed by atoms with Crippen LogP contribution < -0.4 is 37.6 Å². The molecule has 5 atom stereocenters. The molecule has 0 radical (unpaired) electrons. The molecule has 12 N–H and O–H groups in total. The molecule has 1 heterocycles. The Morgan fingerprint density at radius 2 is 1.40 bits per heavy atom. The van der Waals surface area contributed by atoms with E-state index < -0.39 is 111 Å². The lowest BCUT2D eigenvalue weighted by atomic mass is 9.92. The van der Waals surface area contributed by atoms with Gasteiger partial charge >= 0.3 is 7.12 Å². The summed E-state index contributed by atoms with van der Waals surface area (Å²) in [7, 11) is -0.626. The molecule has 0 saturated heterocycles. The van der Waals surface area contributed by atoms with Crippen LogP contribution in [0.25, 0.3) is 11.1 Å². The molecule has 8 amide bonds. The highest BCUT2D eigenvalue weighted by molar-refractivity contribution is 6.41. The van der Waals surface area contributed by atoms with Crippen molar-refractivity contribution in [1.29, 1.82) is 0 Å². The number of hydrogen-bond acceptors (Lipinski definition) is 12. The first kappa shape index (κ1) is 49.7. The van der Waals surface area contributed by atoms with Gasteiger partial charge in [0.05, 0.1) is 32.3 Å². The van der Waals surface area contributed by atoms with Gasteiger partial charge in [0.1, 0.15) is 30.2 Å². The number of aromatic amines is 1. The number of imidazole rings is 1. The Labute approximate surface area is 358 Å². The first-order valence-corrected chi connectivity index (χ1v) is 19.9. The number of H-pyrrole nitrogens is 1. The molecule has 3 rings (SSSR count). The van der Waals surface area contributed by atoms with Gasteiger partial charge in [0.25, 0.3) is 5.91 Å². The number of unbranched alkanes of at least 4 members (excludes halogenated alkanes) is 1. The zero-order chi connectivity index (χ0) is 45.9. The molecule has 22 heteroatoms. The fourth-order valence-electron chi connectivity index (χ4n) is 5.90. The summed E-state index contributed by atoms with van der Waals surface area (Å²) in [6, 6.07) is 8.10. The van der Waals surface area contributed by atoms with Crippen LogP contribution in [0.2, 0.25) is 0 Å². The van der Waals surface area contributed by atoms with Crippen LogP contribution in [0.3, 0.4) is 0 Å². The van der Waals surface area contributed by atoms with Crippen LogP contribution in [-0.2, 0) is 46.4 Å². The number of nitrogens with one attached hydrogen (secondary N) is 7. The number of benzene rings is 2. The van der Waals surface area contributed by atoms with Crippen LogP contribution in [0, 0.1) is 0 Å². The van der Waals surface area contributed by atoms with E-state index in [0.29, 0.717) is 5.69 Å². The number of carbonyl (C=O) groups excluding carboxylic acids is 8. The minimum absolute atomic E-state index is 0.121. The molecule has 62 heavy (non-hydrogen) atoms. The molecule has 0 aliphatic rings. The highest BCUT2D eigenvalue weighted by atomic mass is 16.4. The van der Waals surface area contributed by atoms with E-state index in [4.69, 9.17) is 15.8 Å². The minimum atomic E-state index is -1.91. The number of nitrogens with two attached hydrogens (primary N) is 1. The summed E-state index contributed by atoms with van der Waals surface area (Å²) in [6.07, 6.45) is 4.59. The third-order valence-electron chi connectivity index (χ3n) is 9.60. The van der Waals surface area contributed by atoms with E-state index >= 15 is 0 Å². The van der Waals surface area contributed by atoms with Crippen molar-refractivity contribution in [2.24, 2.45) is 5.73 Å². The lowest BCUT2D eigenvalue weighted by molar-refractivity contribution is -0.140. The number of amides is 8. The monoisotopic (exact) mass is 862 g/mol. The Bertz CT molecular complexity index is 2000. The van der Waals surface area contributed by atoms with Crippen molar-refractivity contribution in [2.45, 2.75) is 83.1 Å². The maximum absolute atomic E-state index is 13.5. The SMILES string of the molecule is CCCCc1ccc(-c2ccc(C(=O)N[C@H](CO)C(=O)N[C@H](C)C(=O)NCC(=O)N(C)[C@@H](Cc3cnc[nH]3)C(=O)N[C@@H](C)C(=O)N[C@@H](CC(N)=O)C(=O)NCB(O)O)cc2)cc1. The van der Waals surface area contributed by atoms with Gasteiger partial charge in [0.15, 0.2) is 0 Å². The van der Waals surface area contributed by atoms with E-state index in [-0.39, 0.29) is 12.0 Å². The first-order chi connectivity index (χ1) is 29.4. The fraction of sp³-hybridized carbons (Fsp3) is 0.425. The van der Waals surface area contributed by atoms with Crippen molar-refractivity contribution in [3.8, 4) is 11.1 Å². The summed E-state index contributed by atoms with van der Waals surface area (Å²) < 4.78 is 0. The van der Waals surface area contributed by atoms with Gasteiger partial charge in [-0.25, -0.2) is 4.98 Å². The van der Waals surface area contributed by atoms with Crippen LogP contribution in [0.5, 0.6) is 0 Å². The van der Waals surface area contributed by atoms with Gasteiger partial charge in [0, 0.05) is 30.9 Å². The lowest BCUT2D eigenvalue weighted by Gasteiger charge is -2.29. The number of primary amides is 1. The first-order valence-electron chi connectivity index (χ1n) is 19.9. The summed E-state index contributed by atoms with van der Waals surface area (Å²) in [6.45, 7) is 3.31. The zero-order valence-electron chi connectivity index (χ0n) is 35.0. The van der Waals surface area contributed by atoms with Gasteiger partial charge < -0.3 is 62.7 Å². The molecule has 1 aromatic heterocycles. The minimum Gasteiger partial charge on any atom is -0.426 e. The third-order valence-corrected chi connectivity index (χ3v) is 9.60. The largest absolute Gasteiger partial charge is 0.472 e. The number of hydrogen-bond donors (Lipinski definition) is 11. The molecular formula is C40H55BN10O11. The lowest BCUT2D eigenvalue weighted by Crippen LogP contribution is -2.58. The number of nitrogens with zero attached hydrogens (tertiary/aromatic N) is 2. The predicted octanol–water partition coefficient (Wildman–Crippen LogP) is -2.81. The number of carbonyl (C=O) groups is 8. The standard InChI is InChI=1S/C40H55BN10O11/c1-5-6-7-25-8-10-26(11-9-25)27-12-14-28(15-13-27)37(57)50-31(20-52)39(59)47-23(2)35(55)44-19-34(54)51(4)32(16-29-18-43-22-46-29)40(60)48-24(3)36(56)49-30(17-33(42)53)38(58)45-21-41(61)62/h8-15,18,22-24,30-32,52,61-62H,5-7,16-17,19-21H2,1-4H3,(H2,42,53)(H,43,46)(H,44,55)(H,45,58)(H,47,59)(H,48,60)(H,49,56)(H,50,57)/t23-,24+,30+,31-,32+/m1/s1. The third kappa shape index (κ3) is 15.8. The van der Waals surface area contributed by atoms with Crippen LogP contribution in [-0.4, -0.2) is 141 Å². The van der Waals surface area contributed by atoms with E-state index in [9.17, 15) is 43.5 Å². The van der Waals surface area contributed by atoms with Gasteiger partial charge in [-0.05, 0) is 55.5 Å². The highest BCUT2D eigenvalue weighted by Gasteiger charge is 2.32. The molecule has 0 aliphatic carbocycles. The van der Waals surface area contributed by atoms with Gasteiger partial charge in [-0.1, -0.05) is 49.7 Å². The highest BCUT2D eigenvalue weighted by Crippen LogP contribution is 2.21. The van der Waals surface area contributed by atoms with E-state index in [0.717, 1.165) is 35.3 Å². The quantitative estimate of drug-likeness (QED) is 0.0407. The molecule has 0 aliphatic heterocycles. The molecular weight excluding hydrogens is 807 g/mol. The number of aromatic nitrogens is 2. The molecule has 21 nitrogen and oxygen atoms in total. The Morgan fingerprint density at radius 3 is 1.97 bits per heavy atom. The molecule has 334 valence electrons. The molecule has 3 aromatic rings. The summed E-state index contributed by atoms with van der Waals surface area (Å²) in [5, 5.41) is 42.1. The molecule has 0 bridgehead atoms. The van der Waals surface area contributed by atoms with Gasteiger partial charge in [-0.15, -0.1) is 0 Å². The van der Waals surface area contributed by atoms with Gasteiger partial charge in [0.2, 0.25) is 41.4 Å². The second kappa shape index (κ2) is 24.6. The van der Waals surface area contributed by atoms with E-state index in [1.165, 1.54) is 39.0 Å². The van der Waals surface area contributed by atoms with Crippen molar-refractivity contribution >= 4 is 54.4 Å². The fourth-order valence-corrected chi connectivity index (χ4v) is 5.90. The number of rotatable bonds is 24. The average molecular weight is 863 g/mol. The topological polar surface area (TPSA) is 327 Å². The van der Waals surface area contributed by atoms with E-state index in [1.807, 2.05) is 12.1 Å². The van der Waals surface area contributed by atoms with Crippen LogP contribution in [0.4, 0.5) is 0 Å². The van der Waals surface area contributed by atoms with Gasteiger partial charge in [-0.3, -0.25) is 38.4 Å². The number of aryl methyl sites for hydroxylation is 1. The summed E-state index contributed by atoms with van der Waals surface area (Å²) in [5.41, 5.74) is 8.96. The summed E-state index contributed by atoms with van der Waals surface area (Å²) in [5.74, 6) is -6.71. The van der Waals surface area contributed by atoms with Crippen molar-refractivity contribution < 1.29 is 53.5 Å². The Kier molecular flexibility index (Phi) is 19.7. The Morgan fingerprint density at radius 1 is 0.790 bits per heavy atom. The molecule has 0 unspecified atom stereocenters. The number of aliphatic hydroxyl groups is 1.